The number of thioether (sulfide) groups is 1. The van der Waals surface area contributed by atoms with E-state index in [9.17, 15) is 19.5 Å². The van der Waals surface area contributed by atoms with Crippen molar-refractivity contribution in [2.45, 2.75) is 49.7 Å². The van der Waals surface area contributed by atoms with E-state index < -0.39 is 27.4 Å². The van der Waals surface area contributed by atoms with Crippen LogP contribution in [0.5, 0.6) is 0 Å². The molecule has 5 atom stereocenters. The van der Waals surface area contributed by atoms with Gasteiger partial charge >= 0.3 is 0 Å². The third-order valence-corrected chi connectivity index (χ3v) is 9.98. The first-order valence-electron chi connectivity index (χ1n) is 12.8. The number of β-amino-alcohol motifs (C(OH)–C–C–N with tert-alkyl or cyclic N) is 1. The summed E-state index contributed by atoms with van der Waals surface area (Å²) in [7, 11) is 0. The van der Waals surface area contributed by atoms with E-state index in [1.165, 1.54) is 0 Å². The number of carbonyl (C=O) groups excluding carboxylic acids is 3. The molecule has 3 amide bonds. The Hall–Kier alpha value is -2.58. The molecule has 0 saturated carbocycles. The van der Waals surface area contributed by atoms with Crippen LogP contribution >= 0.6 is 11.8 Å². The molecule has 7 nitrogen and oxygen atoms in total. The Morgan fingerprint density at radius 2 is 1.67 bits per heavy atom. The average molecular weight is 510 g/mol. The number of likely N-dealkylation sites (tertiary alicyclic amines) is 1. The first-order chi connectivity index (χ1) is 17.2. The molecule has 4 heterocycles. The van der Waals surface area contributed by atoms with Crippen LogP contribution in [0.2, 0.25) is 0 Å². The first kappa shape index (κ1) is 25.1. The number of amides is 3. The molecule has 4 aliphatic rings. The van der Waals surface area contributed by atoms with Gasteiger partial charge in [0.1, 0.15) is 6.04 Å². The molecule has 2 fully saturated rings. The molecule has 0 aliphatic carbocycles. The molecule has 1 N–H and O–H groups in total. The van der Waals surface area contributed by atoms with Crippen molar-refractivity contribution in [3.63, 3.8) is 0 Å². The number of para-hydroxylation sites is 1. The number of benzene rings is 1. The van der Waals surface area contributed by atoms with Gasteiger partial charge in [0.2, 0.25) is 11.8 Å². The molecule has 1 aromatic rings. The van der Waals surface area contributed by atoms with Crippen molar-refractivity contribution in [3.8, 4) is 0 Å². The van der Waals surface area contributed by atoms with E-state index in [0.29, 0.717) is 19.6 Å². The molecule has 1 aromatic carbocycles. The van der Waals surface area contributed by atoms with E-state index >= 15 is 0 Å². The minimum Gasteiger partial charge on any atom is -0.395 e. The quantitative estimate of drug-likeness (QED) is 0.618. The Bertz CT molecular complexity index is 1150. The minimum absolute atomic E-state index is 0.0200. The number of aliphatic hydroxyl groups excluding tert-OH is 1. The maximum atomic E-state index is 14.4. The number of aryl methyl sites for hydroxylation is 2. The number of anilines is 1. The van der Waals surface area contributed by atoms with E-state index in [-0.39, 0.29) is 30.9 Å². The van der Waals surface area contributed by atoms with Gasteiger partial charge in [-0.15, -0.1) is 11.8 Å². The molecule has 1 unspecified atom stereocenters. The fourth-order valence-electron chi connectivity index (χ4n) is 6.82. The smallest absolute Gasteiger partial charge is 0.251 e. The van der Waals surface area contributed by atoms with Crippen LogP contribution in [-0.4, -0.2) is 80.9 Å². The summed E-state index contributed by atoms with van der Waals surface area (Å²) < 4.78 is -1.49. The second-order valence-electron chi connectivity index (χ2n) is 10.5. The van der Waals surface area contributed by atoms with Crippen LogP contribution in [0.15, 0.2) is 42.5 Å². The van der Waals surface area contributed by atoms with Gasteiger partial charge in [-0.25, -0.2) is 0 Å². The van der Waals surface area contributed by atoms with Gasteiger partial charge in [-0.1, -0.05) is 49.4 Å². The molecular formula is C28H35N3O4S. The van der Waals surface area contributed by atoms with Gasteiger partial charge in [0.25, 0.3) is 5.91 Å². The fraction of sp³-hybridized carbons (Fsp3) is 0.536. The Balaban J connectivity index is 1.65. The van der Waals surface area contributed by atoms with E-state index in [2.05, 4.69) is 6.08 Å². The summed E-state index contributed by atoms with van der Waals surface area (Å²) in [6.07, 6.45) is 8.97. The number of hydrogen-bond donors (Lipinski definition) is 1. The molecule has 192 valence electrons. The van der Waals surface area contributed by atoms with Gasteiger partial charge < -0.3 is 19.8 Å². The second kappa shape index (κ2) is 9.06. The van der Waals surface area contributed by atoms with Crippen LogP contribution in [0.3, 0.4) is 0 Å². The molecule has 5 rings (SSSR count). The molecule has 0 aromatic heterocycles. The van der Waals surface area contributed by atoms with Crippen molar-refractivity contribution in [2.75, 3.05) is 37.7 Å². The predicted molar refractivity (Wildman–Crippen MR) is 142 cm³/mol. The van der Waals surface area contributed by atoms with Crippen molar-refractivity contribution < 1.29 is 19.5 Å². The largest absolute Gasteiger partial charge is 0.395 e. The lowest BCUT2D eigenvalue weighted by Gasteiger charge is -2.37. The van der Waals surface area contributed by atoms with Crippen molar-refractivity contribution in [3.05, 3.63) is 53.6 Å². The average Bonchev–Trinajstić information content (AvgIpc) is 3.09. The zero-order valence-electron chi connectivity index (χ0n) is 21.4. The highest BCUT2D eigenvalue weighted by Crippen LogP contribution is 2.65. The van der Waals surface area contributed by atoms with Crippen molar-refractivity contribution in [2.24, 2.45) is 11.8 Å². The third kappa shape index (κ3) is 3.48. The van der Waals surface area contributed by atoms with E-state index in [1.54, 1.807) is 21.6 Å². The van der Waals surface area contributed by atoms with E-state index in [1.807, 2.05) is 69.0 Å². The standard InChI is InChI=1S/C28H35N3O4S/c1-5-13-29-14-7-11-27(4)20(24(29)33)21-25(34)31(16-17-32)23-26(35)30(15-8-12-28(21,23)36-27)22-18(2)9-6-10-19(22)3/h6-12,20-21,23,32H,5,13-17H2,1-4H3/t20-,21-,23?,27+,28-/m0/s1. The molecule has 2 saturated heterocycles. The number of aliphatic hydroxyl groups is 1. The van der Waals surface area contributed by atoms with Crippen molar-refractivity contribution in [1.82, 2.24) is 9.80 Å². The van der Waals surface area contributed by atoms with Gasteiger partial charge in [0, 0.05) is 36.6 Å². The third-order valence-electron chi connectivity index (χ3n) is 8.18. The lowest BCUT2D eigenvalue weighted by molar-refractivity contribution is -0.143. The Kier molecular flexibility index (Phi) is 6.32. The van der Waals surface area contributed by atoms with Crippen molar-refractivity contribution >= 4 is 35.2 Å². The summed E-state index contributed by atoms with van der Waals surface area (Å²) >= 11 is 1.58. The second-order valence-corrected chi connectivity index (χ2v) is 12.3. The van der Waals surface area contributed by atoms with Crippen LogP contribution in [0.4, 0.5) is 5.69 Å². The zero-order valence-corrected chi connectivity index (χ0v) is 22.3. The fourth-order valence-corrected chi connectivity index (χ4v) is 8.98. The summed E-state index contributed by atoms with van der Waals surface area (Å²) in [6, 6.07) is 5.16. The number of hydrogen-bond acceptors (Lipinski definition) is 5. The van der Waals surface area contributed by atoms with Crippen LogP contribution in [0.25, 0.3) is 0 Å². The number of fused-ring (bicyclic) bond motifs is 2. The molecule has 0 radical (unpaired) electrons. The lowest BCUT2D eigenvalue weighted by Crippen LogP contribution is -2.54. The summed E-state index contributed by atoms with van der Waals surface area (Å²) in [4.78, 5) is 47.6. The van der Waals surface area contributed by atoms with Crippen LogP contribution < -0.4 is 4.90 Å². The first-order valence-corrected chi connectivity index (χ1v) is 13.6. The minimum atomic E-state index is -0.886. The number of rotatable bonds is 5. The summed E-state index contributed by atoms with van der Waals surface area (Å²) in [5, 5.41) is 9.89. The molecule has 0 bridgehead atoms. The lowest BCUT2D eigenvalue weighted by atomic mass is 9.74. The van der Waals surface area contributed by atoms with Gasteiger partial charge in [0.15, 0.2) is 0 Å². The molecule has 4 aliphatic heterocycles. The van der Waals surface area contributed by atoms with Gasteiger partial charge in [-0.3, -0.25) is 14.4 Å². The highest BCUT2D eigenvalue weighted by Gasteiger charge is 2.73. The van der Waals surface area contributed by atoms with Crippen LogP contribution in [-0.2, 0) is 14.4 Å². The Labute approximate surface area is 217 Å². The maximum Gasteiger partial charge on any atom is 0.251 e. The molecular weight excluding hydrogens is 474 g/mol. The van der Waals surface area contributed by atoms with E-state index in [0.717, 1.165) is 23.2 Å². The zero-order chi connectivity index (χ0) is 25.8. The monoisotopic (exact) mass is 509 g/mol. The van der Waals surface area contributed by atoms with Gasteiger partial charge in [0.05, 0.1) is 23.2 Å². The summed E-state index contributed by atoms with van der Waals surface area (Å²) in [5.41, 5.74) is 2.84. The molecule has 8 heteroatoms. The normalized spacial score (nSPS) is 33.5. The topological polar surface area (TPSA) is 81.2 Å². The summed E-state index contributed by atoms with van der Waals surface area (Å²) in [6.45, 7) is 9.44. The summed E-state index contributed by atoms with van der Waals surface area (Å²) in [5.74, 6) is -1.63. The number of nitrogens with zero attached hydrogens (tertiary/aromatic N) is 3. The Morgan fingerprint density at radius 3 is 2.33 bits per heavy atom. The molecule has 1 spiro atoms. The van der Waals surface area contributed by atoms with Gasteiger partial charge in [-0.05, 0) is 38.3 Å². The SMILES string of the molecule is CCCN1CC=C[C@@]2(C)S[C@]34C=CCN(c5c(C)cccc5C)C(=O)C3N(CCO)C(=O)[C@@H]4[C@H]2C1=O. The Morgan fingerprint density at radius 1 is 0.972 bits per heavy atom. The number of carbonyl (C=O) groups is 3. The van der Waals surface area contributed by atoms with Crippen LogP contribution in [0.1, 0.15) is 31.4 Å². The van der Waals surface area contributed by atoms with Crippen LogP contribution in [0, 0.1) is 25.7 Å². The van der Waals surface area contributed by atoms with E-state index in [4.69, 9.17) is 0 Å². The highest BCUT2D eigenvalue weighted by atomic mass is 32.2. The van der Waals surface area contributed by atoms with Crippen molar-refractivity contribution in [1.29, 1.82) is 0 Å². The molecule has 36 heavy (non-hydrogen) atoms. The maximum absolute atomic E-state index is 14.4. The highest BCUT2D eigenvalue weighted by molar-refractivity contribution is 8.02. The van der Waals surface area contributed by atoms with Gasteiger partial charge in [-0.2, -0.15) is 0 Å². The predicted octanol–water partition coefficient (Wildman–Crippen LogP) is 2.69.